The van der Waals surface area contributed by atoms with Crippen molar-refractivity contribution in [2.24, 2.45) is 0 Å². The van der Waals surface area contributed by atoms with Crippen molar-refractivity contribution in [3.05, 3.63) is 35.4 Å². The third kappa shape index (κ3) is 5.26. The first-order valence-electron chi connectivity index (χ1n) is 8.40. The number of hydrogen-bond donors (Lipinski definition) is 2. The minimum atomic E-state index is -3.68. The first kappa shape index (κ1) is 20.3. The Labute approximate surface area is 153 Å². The monoisotopic (exact) mass is 384 g/mol. The Balaban J connectivity index is 2.02. The summed E-state index contributed by atoms with van der Waals surface area (Å²) in [5.74, 6) is -1.97. The summed E-state index contributed by atoms with van der Waals surface area (Å²) in [5.41, 5.74) is 1.45. The maximum atomic E-state index is 12.5. The SMILES string of the molecule is CC(C)OCCS(=O)(=O)NCC(=O)N1CCc2ccccc2C1C(=O)O. The van der Waals surface area contributed by atoms with E-state index >= 15 is 0 Å². The molecule has 9 heteroatoms. The third-order valence-electron chi connectivity index (χ3n) is 4.08. The number of aliphatic carboxylic acids is 1. The molecule has 2 N–H and O–H groups in total. The molecule has 1 heterocycles. The second-order valence-electron chi connectivity index (χ2n) is 6.34. The molecule has 1 atom stereocenters. The Morgan fingerprint density at radius 1 is 1.35 bits per heavy atom. The average Bonchev–Trinajstić information content (AvgIpc) is 2.58. The van der Waals surface area contributed by atoms with Crippen LogP contribution in [0.25, 0.3) is 0 Å². The topological polar surface area (TPSA) is 113 Å². The third-order valence-corrected chi connectivity index (χ3v) is 5.37. The lowest BCUT2D eigenvalue weighted by Crippen LogP contribution is -2.47. The summed E-state index contributed by atoms with van der Waals surface area (Å²) in [6.45, 7) is 3.37. The molecule has 0 saturated heterocycles. The average molecular weight is 384 g/mol. The number of rotatable bonds is 8. The van der Waals surface area contributed by atoms with Crippen molar-refractivity contribution in [2.45, 2.75) is 32.4 Å². The van der Waals surface area contributed by atoms with E-state index in [-0.39, 0.29) is 25.0 Å². The fourth-order valence-corrected chi connectivity index (χ4v) is 3.64. The van der Waals surface area contributed by atoms with Crippen LogP contribution >= 0.6 is 0 Å². The Morgan fingerprint density at radius 2 is 2.04 bits per heavy atom. The molecule has 1 aromatic carbocycles. The zero-order valence-corrected chi connectivity index (χ0v) is 15.7. The van der Waals surface area contributed by atoms with Crippen LogP contribution in [0.5, 0.6) is 0 Å². The number of carbonyl (C=O) groups excluding carboxylic acids is 1. The molecule has 1 aliphatic rings. The van der Waals surface area contributed by atoms with Gasteiger partial charge in [-0.2, -0.15) is 0 Å². The maximum Gasteiger partial charge on any atom is 0.331 e. The Morgan fingerprint density at radius 3 is 2.69 bits per heavy atom. The van der Waals surface area contributed by atoms with Gasteiger partial charge in [0.25, 0.3) is 0 Å². The van der Waals surface area contributed by atoms with E-state index < -0.39 is 34.5 Å². The number of benzene rings is 1. The van der Waals surface area contributed by atoms with Crippen molar-refractivity contribution < 1.29 is 27.9 Å². The molecule has 1 aromatic rings. The lowest BCUT2D eigenvalue weighted by atomic mass is 9.92. The molecule has 1 amide bonds. The standard InChI is InChI=1S/C17H24N2O6S/c1-12(2)25-9-10-26(23,24)18-11-15(20)19-8-7-13-5-3-4-6-14(13)16(19)17(21)22/h3-6,12,16,18H,7-11H2,1-2H3,(H,21,22). The first-order valence-corrected chi connectivity index (χ1v) is 10.1. The lowest BCUT2D eigenvalue weighted by molar-refractivity contribution is -0.150. The van der Waals surface area contributed by atoms with Gasteiger partial charge in [-0.25, -0.2) is 17.9 Å². The van der Waals surface area contributed by atoms with Crippen LogP contribution in [0.1, 0.15) is 31.0 Å². The molecule has 8 nitrogen and oxygen atoms in total. The predicted molar refractivity (Wildman–Crippen MR) is 95.1 cm³/mol. The molecule has 0 spiro atoms. The smallest absolute Gasteiger partial charge is 0.331 e. The van der Waals surface area contributed by atoms with Gasteiger partial charge in [-0.05, 0) is 31.4 Å². The molecular weight excluding hydrogens is 360 g/mol. The van der Waals surface area contributed by atoms with Crippen LogP contribution in [0.15, 0.2) is 24.3 Å². The molecule has 1 aliphatic heterocycles. The number of nitrogens with zero attached hydrogens (tertiary/aromatic N) is 1. The summed E-state index contributed by atoms with van der Waals surface area (Å²) in [6.07, 6.45) is 0.442. The second kappa shape index (κ2) is 8.61. The highest BCUT2D eigenvalue weighted by Crippen LogP contribution is 2.29. The van der Waals surface area contributed by atoms with Gasteiger partial charge in [0.2, 0.25) is 15.9 Å². The van der Waals surface area contributed by atoms with Crippen molar-refractivity contribution in [1.82, 2.24) is 9.62 Å². The highest BCUT2D eigenvalue weighted by Gasteiger charge is 2.35. The maximum absolute atomic E-state index is 12.5. The molecule has 0 fully saturated rings. The Kier molecular flexibility index (Phi) is 6.74. The van der Waals surface area contributed by atoms with Crippen LogP contribution in [0, 0.1) is 0 Å². The summed E-state index contributed by atoms with van der Waals surface area (Å²) >= 11 is 0. The fraction of sp³-hybridized carbons (Fsp3) is 0.529. The molecular formula is C17H24N2O6S. The summed E-state index contributed by atoms with van der Waals surface area (Å²) in [7, 11) is -3.68. The molecule has 0 saturated carbocycles. The highest BCUT2D eigenvalue weighted by atomic mass is 32.2. The number of nitrogens with one attached hydrogen (secondary N) is 1. The zero-order valence-electron chi connectivity index (χ0n) is 14.8. The number of amides is 1. The number of carbonyl (C=O) groups is 2. The molecule has 0 aromatic heterocycles. The van der Waals surface area contributed by atoms with E-state index in [0.717, 1.165) is 5.56 Å². The van der Waals surface area contributed by atoms with E-state index in [0.29, 0.717) is 12.0 Å². The number of fused-ring (bicyclic) bond motifs is 1. The van der Waals surface area contributed by atoms with Crippen molar-refractivity contribution in [2.75, 3.05) is 25.4 Å². The van der Waals surface area contributed by atoms with E-state index in [1.54, 1.807) is 26.0 Å². The van der Waals surface area contributed by atoms with E-state index in [1.165, 1.54) is 4.90 Å². The molecule has 1 unspecified atom stereocenters. The normalized spacial score (nSPS) is 17.2. The van der Waals surface area contributed by atoms with Gasteiger partial charge < -0.3 is 14.7 Å². The summed E-state index contributed by atoms with van der Waals surface area (Å²) < 4.78 is 31.3. The van der Waals surface area contributed by atoms with Crippen LogP contribution in [0.4, 0.5) is 0 Å². The first-order chi connectivity index (χ1) is 12.2. The molecule has 2 rings (SSSR count). The van der Waals surface area contributed by atoms with Crippen molar-refractivity contribution in [3.63, 3.8) is 0 Å². The Bertz CT molecular complexity index is 762. The number of hydrogen-bond acceptors (Lipinski definition) is 5. The number of ether oxygens (including phenoxy) is 1. The highest BCUT2D eigenvalue weighted by molar-refractivity contribution is 7.89. The molecule has 26 heavy (non-hydrogen) atoms. The van der Waals surface area contributed by atoms with Gasteiger partial charge >= 0.3 is 5.97 Å². The van der Waals surface area contributed by atoms with E-state index in [1.807, 2.05) is 12.1 Å². The zero-order chi connectivity index (χ0) is 19.3. The van der Waals surface area contributed by atoms with Gasteiger partial charge in [-0.15, -0.1) is 0 Å². The minimum absolute atomic E-state index is 0.0238. The van der Waals surface area contributed by atoms with Gasteiger partial charge in [-0.1, -0.05) is 24.3 Å². The molecule has 144 valence electrons. The summed E-state index contributed by atoms with van der Waals surface area (Å²) in [6, 6.07) is 5.95. The van der Waals surface area contributed by atoms with Crippen LogP contribution < -0.4 is 4.72 Å². The van der Waals surface area contributed by atoms with Gasteiger partial charge in [-0.3, -0.25) is 4.79 Å². The fourth-order valence-electron chi connectivity index (χ4n) is 2.84. The van der Waals surface area contributed by atoms with E-state index in [9.17, 15) is 23.1 Å². The van der Waals surface area contributed by atoms with Crippen molar-refractivity contribution >= 4 is 21.9 Å². The van der Waals surface area contributed by atoms with E-state index in [4.69, 9.17) is 4.74 Å². The quantitative estimate of drug-likeness (QED) is 0.676. The molecule has 0 bridgehead atoms. The van der Waals surface area contributed by atoms with Gasteiger partial charge in [0.15, 0.2) is 6.04 Å². The van der Waals surface area contributed by atoms with Gasteiger partial charge in [0.05, 0.1) is 25.0 Å². The molecule has 0 radical (unpaired) electrons. The van der Waals surface area contributed by atoms with Crippen LogP contribution in [-0.4, -0.2) is 61.9 Å². The largest absolute Gasteiger partial charge is 0.479 e. The summed E-state index contributed by atoms with van der Waals surface area (Å²) in [4.78, 5) is 25.4. The molecule has 0 aliphatic carbocycles. The van der Waals surface area contributed by atoms with Crippen molar-refractivity contribution in [1.29, 1.82) is 0 Å². The van der Waals surface area contributed by atoms with Crippen LogP contribution in [0.2, 0.25) is 0 Å². The minimum Gasteiger partial charge on any atom is -0.479 e. The van der Waals surface area contributed by atoms with Crippen LogP contribution in [-0.2, 0) is 30.8 Å². The lowest BCUT2D eigenvalue weighted by Gasteiger charge is -2.34. The Hall–Kier alpha value is -1.97. The number of carboxylic acid groups (broad SMARTS) is 1. The van der Waals surface area contributed by atoms with E-state index in [2.05, 4.69) is 4.72 Å². The number of sulfonamides is 1. The second-order valence-corrected chi connectivity index (χ2v) is 8.26. The predicted octanol–water partition coefficient (Wildman–Crippen LogP) is 0.541. The van der Waals surface area contributed by atoms with Gasteiger partial charge in [0, 0.05) is 6.54 Å². The van der Waals surface area contributed by atoms with Crippen LogP contribution in [0.3, 0.4) is 0 Å². The van der Waals surface area contributed by atoms with Gasteiger partial charge in [0.1, 0.15) is 0 Å². The number of carboxylic acids is 1. The summed E-state index contributed by atoms with van der Waals surface area (Å²) in [5, 5.41) is 9.55. The van der Waals surface area contributed by atoms with Crippen molar-refractivity contribution in [3.8, 4) is 0 Å².